The highest BCUT2D eigenvalue weighted by molar-refractivity contribution is 6.29. The third kappa shape index (κ3) is 4.67. The Morgan fingerprint density at radius 2 is 2.00 bits per heavy atom. The second kappa shape index (κ2) is 8.29. The number of aromatic nitrogens is 1. The first kappa shape index (κ1) is 17.7. The van der Waals surface area contributed by atoms with Crippen LogP contribution in [0.5, 0.6) is 0 Å². The molecule has 1 aromatic carbocycles. The van der Waals surface area contributed by atoms with Crippen LogP contribution < -0.4 is 10.6 Å². The molecule has 0 saturated carbocycles. The van der Waals surface area contributed by atoms with Gasteiger partial charge in [0.25, 0.3) is 5.91 Å². The van der Waals surface area contributed by atoms with Gasteiger partial charge in [-0.1, -0.05) is 23.7 Å². The summed E-state index contributed by atoms with van der Waals surface area (Å²) in [6.07, 6.45) is 3.90. The molecule has 1 fully saturated rings. The van der Waals surface area contributed by atoms with Crippen molar-refractivity contribution < 1.29 is 4.79 Å². The second-order valence-corrected chi connectivity index (χ2v) is 5.88. The number of hydrogen-bond donors (Lipinski definition) is 2. The number of nitrogens with one attached hydrogen (secondary N) is 2. The van der Waals surface area contributed by atoms with E-state index in [0.717, 1.165) is 18.8 Å². The predicted octanol–water partition coefficient (Wildman–Crippen LogP) is 3.88. The molecule has 2 N–H and O–H groups in total. The molecule has 4 nitrogen and oxygen atoms in total. The zero-order chi connectivity index (χ0) is 15.4. The number of anilines is 1. The lowest BCUT2D eigenvalue weighted by Gasteiger charge is -2.23. The molecule has 3 rings (SSSR count). The summed E-state index contributed by atoms with van der Waals surface area (Å²) in [4.78, 5) is 16.0. The number of benzene rings is 1. The Bertz CT molecular complexity index is 638. The predicted molar refractivity (Wildman–Crippen MR) is 95.7 cm³/mol. The van der Waals surface area contributed by atoms with Crippen molar-refractivity contribution in [1.29, 1.82) is 0 Å². The van der Waals surface area contributed by atoms with Crippen LogP contribution in [0.2, 0.25) is 5.15 Å². The van der Waals surface area contributed by atoms with Gasteiger partial charge in [0.2, 0.25) is 0 Å². The van der Waals surface area contributed by atoms with Gasteiger partial charge in [-0.3, -0.25) is 4.79 Å². The van der Waals surface area contributed by atoms with Gasteiger partial charge in [-0.25, -0.2) is 4.98 Å². The fourth-order valence-electron chi connectivity index (χ4n) is 2.69. The average molecular weight is 352 g/mol. The largest absolute Gasteiger partial charge is 0.322 e. The molecular weight excluding hydrogens is 333 g/mol. The first-order chi connectivity index (χ1) is 10.7. The van der Waals surface area contributed by atoms with E-state index < -0.39 is 0 Å². The highest BCUT2D eigenvalue weighted by atomic mass is 35.5. The highest BCUT2D eigenvalue weighted by Crippen LogP contribution is 2.24. The summed E-state index contributed by atoms with van der Waals surface area (Å²) in [5.41, 5.74) is 2.59. The standard InChI is InChI=1S/C17H18ClN3O.ClH/c18-16-8-5-14(11-20-16)17(22)21-15-6-3-12(4-7-15)13-2-1-9-19-10-13;/h3-8,11,13,19H,1-2,9-10H2,(H,21,22);1H/t13-;/m0./s1. The Labute approximate surface area is 147 Å². The number of halogens is 2. The number of carbonyl (C=O) groups is 1. The molecule has 122 valence electrons. The molecule has 2 heterocycles. The van der Waals surface area contributed by atoms with E-state index in [4.69, 9.17) is 11.6 Å². The van der Waals surface area contributed by atoms with Gasteiger partial charge in [0.05, 0.1) is 5.56 Å². The Morgan fingerprint density at radius 3 is 2.61 bits per heavy atom. The monoisotopic (exact) mass is 351 g/mol. The van der Waals surface area contributed by atoms with Crippen molar-refractivity contribution in [1.82, 2.24) is 10.3 Å². The van der Waals surface area contributed by atoms with Crippen LogP contribution in [0, 0.1) is 0 Å². The Hall–Kier alpha value is -1.62. The minimum atomic E-state index is -0.184. The van der Waals surface area contributed by atoms with Crippen molar-refractivity contribution in [2.24, 2.45) is 0 Å². The number of hydrogen-bond acceptors (Lipinski definition) is 3. The van der Waals surface area contributed by atoms with Crippen molar-refractivity contribution in [3.8, 4) is 0 Å². The van der Waals surface area contributed by atoms with Gasteiger partial charge < -0.3 is 10.6 Å². The molecular formula is C17H19Cl2N3O. The molecule has 0 spiro atoms. The first-order valence-corrected chi connectivity index (χ1v) is 7.84. The van der Waals surface area contributed by atoms with Crippen LogP contribution in [-0.4, -0.2) is 24.0 Å². The minimum Gasteiger partial charge on any atom is -0.322 e. The fourth-order valence-corrected chi connectivity index (χ4v) is 2.80. The Balaban J connectivity index is 0.00000192. The van der Waals surface area contributed by atoms with Gasteiger partial charge in [-0.05, 0) is 55.1 Å². The van der Waals surface area contributed by atoms with E-state index in [9.17, 15) is 4.79 Å². The number of rotatable bonds is 3. The molecule has 0 unspecified atom stereocenters. The minimum absolute atomic E-state index is 0. The van der Waals surface area contributed by atoms with E-state index in [-0.39, 0.29) is 18.3 Å². The molecule has 0 radical (unpaired) electrons. The zero-order valence-electron chi connectivity index (χ0n) is 12.6. The van der Waals surface area contributed by atoms with Crippen LogP contribution in [0.4, 0.5) is 5.69 Å². The van der Waals surface area contributed by atoms with Crippen molar-refractivity contribution in [2.45, 2.75) is 18.8 Å². The van der Waals surface area contributed by atoms with Gasteiger partial charge in [0, 0.05) is 18.4 Å². The van der Waals surface area contributed by atoms with E-state index in [0.29, 0.717) is 16.6 Å². The molecule has 2 aromatic rings. The number of amides is 1. The summed E-state index contributed by atoms with van der Waals surface area (Å²) in [6.45, 7) is 2.14. The van der Waals surface area contributed by atoms with Crippen LogP contribution >= 0.6 is 24.0 Å². The van der Waals surface area contributed by atoms with Gasteiger partial charge in [-0.15, -0.1) is 12.4 Å². The molecule has 1 amide bonds. The SMILES string of the molecule is Cl.O=C(Nc1ccc([C@H]2CCCNC2)cc1)c1ccc(Cl)nc1. The lowest BCUT2D eigenvalue weighted by Crippen LogP contribution is -2.28. The summed E-state index contributed by atoms with van der Waals surface area (Å²) >= 11 is 5.72. The number of carbonyl (C=O) groups excluding carboxylic acids is 1. The molecule has 1 aromatic heterocycles. The molecule has 6 heteroatoms. The molecule has 1 aliphatic heterocycles. The maximum absolute atomic E-state index is 12.1. The van der Waals surface area contributed by atoms with Crippen LogP contribution in [0.3, 0.4) is 0 Å². The molecule has 0 aliphatic carbocycles. The quantitative estimate of drug-likeness (QED) is 0.825. The highest BCUT2D eigenvalue weighted by Gasteiger charge is 2.15. The summed E-state index contributed by atoms with van der Waals surface area (Å²) in [6, 6.07) is 11.3. The zero-order valence-corrected chi connectivity index (χ0v) is 14.2. The van der Waals surface area contributed by atoms with Gasteiger partial charge in [0.1, 0.15) is 5.15 Å². The first-order valence-electron chi connectivity index (χ1n) is 7.46. The Morgan fingerprint density at radius 1 is 1.22 bits per heavy atom. The van der Waals surface area contributed by atoms with E-state index in [1.807, 2.05) is 12.1 Å². The fraction of sp³-hybridized carbons (Fsp3) is 0.294. The van der Waals surface area contributed by atoms with Crippen LogP contribution in [0.1, 0.15) is 34.7 Å². The van der Waals surface area contributed by atoms with Crippen LogP contribution in [0.15, 0.2) is 42.6 Å². The van der Waals surface area contributed by atoms with E-state index in [1.54, 1.807) is 12.1 Å². The summed E-state index contributed by atoms with van der Waals surface area (Å²) in [7, 11) is 0. The number of pyridine rings is 1. The van der Waals surface area contributed by atoms with Crippen LogP contribution in [-0.2, 0) is 0 Å². The number of piperidine rings is 1. The molecule has 0 bridgehead atoms. The van der Waals surface area contributed by atoms with Crippen molar-refractivity contribution in [2.75, 3.05) is 18.4 Å². The average Bonchev–Trinajstić information content (AvgIpc) is 2.57. The smallest absolute Gasteiger partial charge is 0.257 e. The summed E-state index contributed by atoms with van der Waals surface area (Å²) < 4.78 is 0. The molecule has 1 aliphatic rings. The van der Waals surface area contributed by atoms with Crippen molar-refractivity contribution in [3.63, 3.8) is 0 Å². The van der Waals surface area contributed by atoms with Gasteiger partial charge >= 0.3 is 0 Å². The lowest BCUT2D eigenvalue weighted by atomic mass is 9.92. The van der Waals surface area contributed by atoms with Crippen LogP contribution in [0.25, 0.3) is 0 Å². The lowest BCUT2D eigenvalue weighted by molar-refractivity contribution is 0.102. The number of nitrogens with zero attached hydrogens (tertiary/aromatic N) is 1. The third-order valence-corrected chi connectivity index (χ3v) is 4.15. The second-order valence-electron chi connectivity index (χ2n) is 5.49. The van der Waals surface area contributed by atoms with E-state index in [2.05, 4.69) is 27.8 Å². The Kier molecular flexibility index (Phi) is 6.39. The topological polar surface area (TPSA) is 54.0 Å². The van der Waals surface area contributed by atoms with Gasteiger partial charge in [-0.2, -0.15) is 0 Å². The summed E-state index contributed by atoms with van der Waals surface area (Å²) in [5, 5.41) is 6.67. The summed E-state index contributed by atoms with van der Waals surface area (Å²) in [5.74, 6) is 0.384. The third-order valence-electron chi connectivity index (χ3n) is 3.93. The van der Waals surface area contributed by atoms with Crippen molar-refractivity contribution >= 4 is 35.6 Å². The maximum Gasteiger partial charge on any atom is 0.257 e. The van der Waals surface area contributed by atoms with Gasteiger partial charge in [0.15, 0.2) is 0 Å². The molecule has 23 heavy (non-hydrogen) atoms. The van der Waals surface area contributed by atoms with Crippen molar-refractivity contribution in [3.05, 3.63) is 58.9 Å². The normalized spacial score (nSPS) is 17.2. The van der Waals surface area contributed by atoms with E-state index in [1.165, 1.54) is 24.6 Å². The van der Waals surface area contributed by atoms with E-state index >= 15 is 0 Å². The molecule has 1 saturated heterocycles. The maximum atomic E-state index is 12.1. The molecule has 1 atom stereocenters.